The van der Waals surface area contributed by atoms with Crippen LogP contribution in [0.3, 0.4) is 0 Å². The van der Waals surface area contributed by atoms with Gasteiger partial charge in [0.15, 0.2) is 0 Å². The van der Waals surface area contributed by atoms with Crippen LogP contribution in [0.2, 0.25) is 10.3 Å². The molecule has 3 nitrogen and oxygen atoms in total. The summed E-state index contributed by atoms with van der Waals surface area (Å²) >= 11 is 11.3. The minimum Gasteiger partial charge on any atom is -0.389 e. The van der Waals surface area contributed by atoms with Crippen molar-refractivity contribution in [2.75, 3.05) is 0 Å². The van der Waals surface area contributed by atoms with Crippen LogP contribution in [0.4, 0.5) is 0 Å². The van der Waals surface area contributed by atoms with Crippen LogP contribution in [0, 0.1) is 6.92 Å². The van der Waals surface area contributed by atoms with Crippen LogP contribution in [0.25, 0.3) is 0 Å². The van der Waals surface area contributed by atoms with E-state index in [9.17, 15) is 5.11 Å². The highest BCUT2D eigenvalue weighted by molar-refractivity contribution is 6.29. The Morgan fingerprint density at radius 2 is 1.57 bits per heavy atom. The number of pyridine rings is 2. The smallest absolute Gasteiger partial charge is 0.129 e. The minimum atomic E-state index is -0.546. The third-order valence-electron chi connectivity index (χ3n) is 3.92. The highest BCUT2D eigenvalue weighted by Crippen LogP contribution is 2.30. The Kier molecular flexibility index (Phi) is 6.82. The van der Waals surface area contributed by atoms with Crippen molar-refractivity contribution in [1.29, 1.82) is 0 Å². The van der Waals surface area contributed by atoms with Gasteiger partial charge in [-0.2, -0.15) is 0 Å². The number of hydrogen-bond donors (Lipinski definition) is 1. The first kappa shape index (κ1) is 18.2. The largest absolute Gasteiger partial charge is 0.389 e. The molecule has 2 heterocycles. The van der Waals surface area contributed by atoms with E-state index >= 15 is 0 Å². The van der Waals surface area contributed by atoms with E-state index in [1.165, 1.54) is 6.42 Å². The summed E-state index contributed by atoms with van der Waals surface area (Å²) < 4.78 is 0. The van der Waals surface area contributed by atoms with E-state index in [4.69, 9.17) is 23.2 Å². The lowest BCUT2D eigenvalue weighted by molar-refractivity contribution is 0.00368. The van der Waals surface area contributed by atoms with Crippen molar-refractivity contribution in [3.63, 3.8) is 0 Å². The van der Waals surface area contributed by atoms with Crippen LogP contribution in [0.1, 0.15) is 43.5 Å². The molecule has 1 aliphatic rings. The predicted octanol–water partition coefficient (Wildman–Crippen LogP) is 5.02. The van der Waals surface area contributed by atoms with E-state index in [1.807, 2.05) is 31.2 Å². The third kappa shape index (κ3) is 6.46. The van der Waals surface area contributed by atoms with Gasteiger partial charge >= 0.3 is 0 Å². The highest BCUT2D eigenvalue weighted by Gasteiger charge is 2.29. The van der Waals surface area contributed by atoms with Gasteiger partial charge in [-0.3, -0.25) is 0 Å². The van der Waals surface area contributed by atoms with Crippen LogP contribution < -0.4 is 0 Å². The van der Waals surface area contributed by atoms with Gasteiger partial charge in [0, 0.05) is 17.8 Å². The molecule has 3 rings (SSSR count). The average molecular weight is 353 g/mol. The molecule has 2 aromatic heterocycles. The summed E-state index contributed by atoms with van der Waals surface area (Å²) in [5, 5.41) is 11.4. The van der Waals surface area contributed by atoms with Gasteiger partial charge in [-0.25, -0.2) is 9.97 Å². The molecule has 1 N–H and O–H groups in total. The topological polar surface area (TPSA) is 46.0 Å². The molecule has 0 atom stereocenters. The molecule has 0 amide bonds. The second-order valence-electron chi connectivity index (χ2n) is 6.02. The fraction of sp³-hybridized carbons (Fsp3) is 0.444. The van der Waals surface area contributed by atoms with Crippen LogP contribution in [-0.4, -0.2) is 20.7 Å². The molecule has 0 aromatic carbocycles. The van der Waals surface area contributed by atoms with E-state index in [1.54, 1.807) is 12.1 Å². The van der Waals surface area contributed by atoms with Crippen molar-refractivity contribution in [1.82, 2.24) is 9.97 Å². The number of nitrogens with zero attached hydrogens (tertiary/aromatic N) is 2. The Bertz CT molecular complexity index is 611. The van der Waals surface area contributed by atoms with Gasteiger partial charge in [-0.15, -0.1) is 0 Å². The molecule has 0 spiro atoms. The molecule has 1 fully saturated rings. The molecule has 0 bridgehead atoms. The molecule has 23 heavy (non-hydrogen) atoms. The summed E-state index contributed by atoms with van der Waals surface area (Å²) in [4.78, 5) is 8.16. The molecule has 1 aliphatic carbocycles. The maximum Gasteiger partial charge on any atom is 0.129 e. The number of rotatable bonds is 2. The molecule has 5 heteroatoms. The van der Waals surface area contributed by atoms with Crippen molar-refractivity contribution in [3.05, 3.63) is 58.1 Å². The number of aromatic nitrogens is 2. The van der Waals surface area contributed by atoms with Crippen molar-refractivity contribution in [2.45, 2.75) is 51.0 Å². The fourth-order valence-electron chi connectivity index (χ4n) is 2.78. The van der Waals surface area contributed by atoms with Gasteiger partial charge < -0.3 is 5.11 Å². The molecule has 124 valence electrons. The first-order valence-electron chi connectivity index (χ1n) is 7.90. The Hall–Kier alpha value is -1.16. The molecule has 1 saturated carbocycles. The number of hydrogen-bond acceptors (Lipinski definition) is 3. The summed E-state index contributed by atoms with van der Waals surface area (Å²) in [5.74, 6) is 0. The molecular weight excluding hydrogens is 331 g/mol. The zero-order valence-electron chi connectivity index (χ0n) is 13.3. The van der Waals surface area contributed by atoms with Gasteiger partial charge in [-0.05, 0) is 44.0 Å². The molecule has 0 radical (unpaired) electrons. The van der Waals surface area contributed by atoms with Crippen LogP contribution in [0.5, 0.6) is 0 Å². The maximum absolute atomic E-state index is 10.3. The fourth-order valence-corrected chi connectivity index (χ4v) is 3.17. The van der Waals surface area contributed by atoms with Gasteiger partial charge in [0.05, 0.1) is 5.60 Å². The quantitative estimate of drug-likeness (QED) is 0.772. The van der Waals surface area contributed by atoms with Crippen molar-refractivity contribution >= 4 is 23.2 Å². The number of aryl methyl sites for hydroxylation is 1. The summed E-state index contributed by atoms with van der Waals surface area (Å²) in [6.45, 7) is 1.91. The summed E-state index contributed by atoms with van der Waals surface area (Å²) in [5.41, 5.74) is 1.31. The Balaban J connectivity index is 0.000000203. The second-order valence-corrected chi connectivity index (χ2v) is 6.79. The molecule has 0 aliphatic heterocycles. The van der Waals surface area contributed by atoms with E-state index < -0.39 is 5.60 Å². The SMILES string of the molecule is Cc1cccc(Cl)n1.OC1(Cc2cccc(Cl)n2)CCCCC1. The van der Waals surface area contributed by atoms with Crippen molar-refractivity contribution in [3.8, 4) is 0 Å². The number of aliphatic hydroxyl groups is 1. The van der Waals surface area contributed by atoms with E-state index in [-0.39, 0.29) is 0 Å². The van der Waals surface area contributed by atoms with Crippen LogP contribution in [0.15, 0.2) is 36.4 Å². The predicted molar refractivity (Wildman–Crippen MR) is 95.0 cm³/mol. The van der Waals surface area contributed by atoms with Crippen molar-refractivity contribution in [2.24, 2.45) is 0 Å². The zero-order valence-corrected chi connectivity index (χ0v) is 14.8. The normalized spacial score (nSPS) is 16.3. The van der Waals surface area contributed by atoms with Crippen LogP contribution >= 0.6 is 23.2 Å². The van der Waals surface area contributed by atoms with Gasteiger partial charge in [0.2, 0.25) is 0 Å². The molecular formula is C18H22Cl2N2O. The highest BCUT2D eigenvalue weighted by atomic mass is 35.5. The summed E-state index contributed by atoms with van der Waals surface area (Å²) in [7, 11) is 0. The molecule has 0 saturated heterocycles. The maximum atomic E-state index is 10.3. The summed E-state index contributed by atoms with van der Waals surface area (Å²) in [6, 6.07) is 11.1. The first-order valence-corrected chi connectivity index (χ1v) is 8.65. The van der Waals surface area contributed by atoms with Gasteiger partial charge in [-0.1, -0.05) is 54.6 Å². The third-order valence-corrected chi connectivity index (χ3v) is 4.34. The average Bonchev–Trinajstić information content (AvgIpc) is 2.48. The Morgan fingerprint density at radius 3 is 2.09 bits per heavy atom. The van der Waals surface area contributed by atoms with Gasteiger partial charge in [0.1, 0.15) is 10.3 Å². The lowest BCUT2D eigenvalue weighted by Gasteiger charge is -2.31. The van der Waals surface area contributed by atoms with Gasteiger partial charge in [0.25, 0.3) is 0 Å². The zero-order chi connectivity index (χ0) is 16.7. The Morgan fingerprint density at radius 1 is 0.957 bits per heavy atom. The first-order chi connectivity index (χ1) is 11.0. The lowest BCUT2D eigenvalue weighted by atomic mass is 9.81. The monoisotopic (exact) mass is 352 g/mol. The summed E-state index contributed by atoms with van der Waals surface area (Å²) in [6.07, 6.45) is 5.90. The van der Waals surface area contributed by atoms with E-state index in [2.05, 4.69) is 9.97 Å². The minimum absolute atomic E-state index is 0.506. The molecule has 2 aromatic rings. The van der Waals surface area contributed by atoms with E-state index in [0.29, 0.717) is 16.7 Å². The molecule has 0 unspecified atom stereocenters. The second kappa shape index (κ2) is 8.62. The standard InChI is InChI=1S/C12H16ClNO.C6H6ClN/c13-11-6-4-5-10(14-11)9-12(15)7-2-1-3-8-12;1-5-3-2-4-6(7)8-5/h4-6,15H,1-3,7-9H2;2-4H,1H3. The Labute approximate surface area is 147 Å². The van der Waals surface area contributed by atoms with Crippen molar-refractivity contribution < 1.29 is 5.11 Å². The lowest BCUT2D eigenvalue weighted by Crippen LogP contribution is -2.34. The van der Waals surface area contributed by atoms with Crippen LogP contribution in [-0.2, 0) is 6.42 Å². The number of halogens is 2. The van der Waals surface area contributed by atoms with E-state index in [0.717, 1.165) is 37.1 Å².